The molecule has 2 nitrogen and oxygen atoms in total. The summed E-state index contributed by atoms with van der Waals surface area (Å²) in [7, 11) is 0. The fourth-order valence-corrected chi connectivity index (χ4v) is 2.63. The average molecular weight is 281 g/mol. The van der Waals surface area contributed by atoms with Crippen molar-refractivity contribution < 1.29 is 4.74 Å². The van der Waals surface area contributed by atoms with Crippen LogP contribution in [-0.2, 0) is 11.2 Å². The highest BCUT2D eigenvalue weighted by Gasteiger charge is 2.26. The van der Waals surface area contributed by atoms with Gasteiger partial charge >= 0.3 is 0 Å². The molecule has 2 atom stereocenters. The number of hydrogen-bond acceptors (Lipinski definition) is 2. The average Bonchev–Trinajstić information content (AvgIpc) is 3.34. The third-order valence-corrected chi connectivity index (χ3v) is 4.04. The molecule has 1 aliphatic carbocycles. The van der Waals surface area contributed by atoms with Crippen LogP contribution in [0, 0.1) is 5.92 Å². The van der Waals surface area contributed by atoms with Gasteiger partial charge in [-0.25, -0.2) is 0 Å². The normalized spacial score (nSPS) is 17.4. The van der Waals surface area contributed by atoms with Gasteiger partial charge in [-0.05, 0) is 36.3 Å². The van der Waals surface area contributed by atoms with Crippen molar-refractivity contribution in [3.05, 3.63) is 71.8 Å². The van der Waals surface area contributed by atoms with Crippen molar-refractivity contribution in [3.8, 4) is 0 Å². The fraction of sp³-hybridized carbons (Fsp3) is 0.368. The molecule has 1 fully saturated rings. The lowest BCUT2D eigenvalue weighted by Gasteiger charge is -2.25. The number of ether oxygens (including phenoxy) is 1. The number of nitrogens with two attached hydrogens (primary N) is 1. The summed E-state index contributed by atoms with van der Waals surface area (Å²) in [5.41, 5.74) is 8.91. The van der Waals surface area contributed by atoms with Gasteiger partial charge in [0.1, 0.15) is 0 Å². The van der Waals surface area contributed by atoms with Gasteiger partial charge in [-0.1, -0.05) is 60.7 Å². The highest BCUT2D eigenvalue weighted by atomic mass is 16.5. The first kappa shape index (κ1) is 14.3. The lowest BCUT2D eigenvalue weighted by Crippen LogP contribution is -2.33. The van der Waals surface area contributed by atoms with Crippen LogP contribution in [0.5, 0.6) is 0 Å². The Bertz CT molecular complexity index is 536. The molecule has 2 aromatic rings. The van der Waals surface area contributed by atoms with Gasteiger partial charge in [0.15, 0.2) is 0 Å². The van der Waals surface area contributed by atoms with Gasteiger partial charge in [0.2, 0.25) is 0 Å². The Morgan fingerprint density at radius 2 is 1.57 bits per heavy atom. The van der Waals surface area contributed by atoms with Crippen LogP contribution >= 0.6 is 0 Å². The van der Waals surface area contributed by atoms with E-state index in [9.17, 15) is 0 Å². The van der Waals surface area contributed by atoms with E-state index in [0.717, 1.165) is 18.9 Å². The smallest absolute Gasteiger partial charge is 0.0979 e. The van der Waals surface area contributed by atoms with E-state index in [-0.39, 0.29) is 12.1 Å². The Balaban J connectivity index is 1.70. The van der Waals surface area contributed by atoms with Crippen molar-refractivity contribution >= 4 is 0 Å². The van der Waals surface area contributed by atoms with Gasteiger partial charge in [0.05, 0.1) is 12.7 Å². The number of benzene rings is 2. The van der Waals surface area contributed by atoms with Gasteiger partial charge in [-0.3, -0.25) is 0 Å². The Morgan fingerprint density at radius 1 is 0.952 bits per heavy atom. The van der Waals surface area contributed by atoms with E-state index >= 15 is 0 Å². The van der Waals surface area contributed by atoms with Crippen LogP contribution in [0.15, 0.2) is 60.7 Å². The lowest BCUT2D eigenvalue weighted by atomic mass is 9.96. The summed E-state index contributed by atoms with van der Waals surface area (Å²) in [4.78, 5) is 0. The predicted molar refractivity (Wildman–Crippen MR) is 86.0 cm³/mol. The Labute approximate surface area is 126 Å². The maximum atomic E-state index is 6.46. The molecule has 21 heavy (non-hydrogen) atoms. The molecule has 2 N–H and O–H groups in total. The molecule has 1 saturated carbocycles. The summed E-state index contributed by atoms with van der Waals surface area (Å²) in [6, 6.07) is 20.8. The van der Waals surface area contributed by atoms with Gasteiger partial charge in [0.25, 0.3) is 0 Å². The number of rotatable bonds is 7. The van der Waals surface area contributed by atoms with Gasteiger partial charge in [-0.15, -0.1) is 0 Å². The zero-order valence-electron chi connectivity index (χ0n) is 12.3. The van der Waals surface area contributed by atoms with Gasteiger partial charge < -0.3 is 10.5 Å². The van der Waals surface area contributed by atoms with Crippen LogP contribution in [0.25, 0.3) is 0 Å². The summed E-state index contributed by atoms with van der Waals surface area (Å²) in [5.74, 6) is 0.750. The highest BCUT2D eigenvalue weighted by Crippen LogP contribution is 2.32. The second-order valence-electron chi connectivity index (χ2n) is 5.96. The van der Waals surface area contributed by atoms with E-state index < -0.39 is 0 Å². The van der Waals surface area contributed by atoms with Crippen LogP contribution in [0.1, 0.15) is 30.1 Å². The van der Waals surface area contributed by atoms with Crippen LogP contribution in [-0.4, -0.2) is 12.6 Å². The van der Waals surface area contributed by atoms with Crippen molar-refractivity contribution in [2.24, 2.45) is 11.7 Å². The summed E-state index contributed by atoms with van der Waals surface area (Å²) >= 11 is 0. The molecule has 0 aliphatic heterocycles. The molecule has 2 aromatic carbocycles. The fourth-order valence-electron chi connectivity index (χ4n) is 2.63. The molecule has 0 spiro atoms. The molecular weight excluding hydrogens is 258 g/mol. The molecule has 0 aromatic heterocycles. The molecule has 0 saturated heterocycles. The van der Waals surface area contributed by atoms with Crippen molar-refractivity contribution in [1.29, 1.82) is 0 Å². The molecular formula is C19H23NO. The van der Waals surface area contributed by atoms with Crippen molar-refractivity contribution in [2.75, 3.05) is 6.61 Å². The maximum absolute atomic E-state index is 6.46. The highest BCUT2D eigenvalue weighted by molar-refractivity contribution is 5.22. The molecule has 0 bridgehead atoms. The van der Waals surface area contributed by atoms with Crippen LogP contribution < -0.4 is 5.73 Å². The standard InChI is InChI=1S/C19H23NO/c20-18(13-15-7-3-1-4-8-15)19(21-14-16-11-12-16)17-9-5-2-6-10-17/h1-10,16,18-19H,11-14,20H2. The van der Waals surface area contributed by atoms with E-state index in [1.54, 1.807) is 0 Å². The van der Waals surface area contributed by atoms with Crippen molar-refractivity contribution in [3.63, 3.8) is 0 Å². The van der Waals surface area contributed by atoms with Crippen molar-refractivity contribution in [1.82, 2.24) is 0 Å². The summed E-state index contributed by atoms with van der Waals surface area (Å²) < 4.78 is 6.16. The molecule has 2 unspecified atom stereocenters. The quantitative estimate of drug-likeness (QED) is 0.839. The zero-order valence-corrected chi connectivity index (χ0v) is 12.3. The molecule has 3 rings (SSSR count). The Hall–Kier alpha value is -1.64. The second kappa shape index (κ2) is 6.88. The van der Waals surface area contributed by atoms with Crippen LogP contribution in [0.3, 0.4) is 0 Å². The SMILES string of the molecule is NC(Cc1ccccc1)C(OCC1CC1)c1ccccc1. The minimum absolute atomic E-state index is 0.0199. The topological polar surface area (TPSA) is 35.2 Å². The first-order valence-electron chi connectivity index (χ1n) is 7.79. The van der Waals surface area contributed by atoms with E-state index in [0.29, 0.717) is 0 Å². The molecule has 0 amide bonds. The molecule has 0 radical (unpaired) electrons. The van der Waals surface area contributed by atoms with Gasteiger partial charge in [0, 0.05) is 6.04 Å². The summed E-state index contributed by atoms with van der Waals surface area (Å²) in [5, 5.41) is 0. The minimum atomic E-state index is -0.0213. The monoisotopic (exact) mass is 281 g/mol. The van der Waals surface area contributed by atoms with Gasteiger partial charge in [-0.2, -0.15) is 0 Å². The summed E-state index contributed by atoms with van der Waals surface area (Å²) in [6.45, 7) is 0.835. The predicted octanol–water partition coefficient (Wildman–Crippen LogP) is 3.72. The van der Waals surface area contributed by atoms with Crippen molar-refractivity contribution in [2.45, 2.75) is 31.4 Å². The first-order valence-corrected chi connectivity index (χ1v) is 7.79. The van der Waals surface area contributed by atoms with Crippen LogP contribution in [0.2, 0.25) is 0 Å². The third kappa shape index (κ3) is 4.16. The Morgan fingerprint density at radius 3 is 2.19 bits per heavy atom. The first-order chi connectivity index (χ1) is 10.3. The van der Waals surface area contributed by atoms with E-state index in [1.165, 1.54) is 24.0 Å². The van der Waals surface area contributed by atoms with E-state index in [1.807, 2.05) is 12.1 Å². The van der Waals surface area contributed by atoms with E-state index in [4.69, 9.17) is 10.5 Å². The second-order valence-corrected chi connectivity index (χ2v) is 5.96. The lowest BCUT2D eigenvalue weighted by molar-refractivity contribution is 0.0276. The Kier molecular flexibility index (Phi) is 4.69. The number of hydrogen-bond donors (Lipinski definition) is 1. The maximum Gasteiger partial charge on any atom is 0.0979 e. The largest absolute Gasteiger partial charge is 0.372 e. The summed E-state index contributed by atoms with van der Waals surface area (Å²) in [6.07, 6.45) is 3.42. The molecule has 2 heteroatoms. The third-order valence-electron chi connectivity index (χ3n) is 4.04. The zero-order chi connectivity index (χ0) is 14.5. The van der Waals surface area contributed by atoms with Crippen LogP contribution in [0.4, 0.5) is 0 Å². The molecule has 110 valence electrons. The van der Waals surface area contributed by atoms with E-state index in [2.05, 4.69) is 48.5 Å². The minimum Gasteiger partial charge on any atom is -0.372 e. The molecule has 0 heterocycles. The molecule has 1 aliphatic rings.